The van der Waals surface area contributed by atoms with Crippen LogP contribution in [0.4, 0.5) is 15.6 Å². The monoisotopic (exact) mass is 492 g/mol. The molecule has 3 heterocycles. The number of thiazole rings is 1. The Morgan fingerprint density at radius 1 is 1.18 bits per heavy atom. The van der Waals surface area contributed by atoms with Gasteiger partial charge in [-0.3, -0.25) is 15.1 Å². The number of aromatic nitrogens is 6. The zero-order valence-electron chi connectivity index (χ0n) is 16.7. The quantitative estimate of drug-likeness (QED) is 0.348. The Kier molecular flexibility index (Phi) is 6.10. The predicted octanol–water partition coefficient (Wildman–Crippen LogP) is 1.60. The first kappa shape index (κ1) is 22.4. The summed E-state index contributed by atoms with van der Waals surface area (Å²) in [7, 11) is -4.42. The fourth-order valence-electron chi connectivity index (χ4n) is 3.40. The van der Waals surface area contributed by atoms with Gasteiger partial charge in [0.05, 0.1) is 11.9 Å². The van der Waals surface area contributed by atoms with E-state index in [0.29, 0.717) is 16.9 Å². The number of ketones is 1. The van der Waals surface area contributed by atoms with Crippen LogP contribution in [0.25, 0.3) is 0 Å². The minimum Gasteiger partial charge on any atom is -0.476 e. The Labute approximate surface area is 189 Å². The Balaban J connectivity index is 1.56. The van der Waals surface area contributed by atoms with Crippen molar-refractivity contribution in [1.29, 1.82) is 0 Å². The molecule has 0 unspecified atom stereocenters. The number of carbonyl (C=O) groups excluding carboxylic acids is 2. The molecule has 172 valence electrons. The first-order valence-corrected chi connectivity index (χ1v) is 11.9. The van der Waals surface area contributed by atoms with Crippen molar-refractivity contribution in [3.8, 4) is 0 Å². The van der Waals surface area contributed by atoms with Gasteiger partial charge in [0.25, 0.3) is 15.0 Å². The lowest BCUT2D eigenvalue weighted by molar-refractivity contribution is 0.0687. The number of nitrogens with zero attached hydrogens (tertiary/aromatic N) is 5. The van der Waals surface area contributed by atoms with E-state index in [1.54, 1.807) is 0 Å². The standard InChI is InChI=1S/C17H16N8O6S2/c26-12(8-3-1-2-4-8)9-5-6-18-7-10(9)19-15(29)21-16-20-11(13(27)28)14(32-16)33(30,31)17-22-24-25-23-17/h5-8H,1-4H2,(H,27,28)(H2,19,20,21,29)(H,22,23,24,25). The van der Waals surface area contributed by atoms with E-state index >= 15 is 0 Å². The van der Waals surface area contributed by atoms with Gasteiger partial charge in [-0.25, -0.2) is 28.1 Å². The number of sulfone groups is 1. The molecule has 1 fully saturated rings. The summed E-state index contributed by atoms with van der Waals surface area (Å²) in [6, 6.07) is 0.651. The summed E-state index contributed by atoms with van der Waals surface area (Å²) in [6.45, 7) is 0. The van der Waals surface area contributed by atoms with Crippen molar-refractivity contribution in [2.75, 3.05) is 10.6 Å². The maximum atomic E-state index is 12.8. The molecule has 2 amide bonds. The van der Waals surface area contributed by atoms with E-state index in [1.807, 2.05) is 0 Å². The van der Waals surface area contributed by atoms with E-state index in [-0.39, 0.29) is 22.5 Å². The van der Waals surface area contributed by atoms with Crippen molar-refractivity contribution in [3.05, 3.63) is 29.7 Å². The van der Waals surface area contributed by atoms with E-state index in [1.165, 1.54) is 18.5 Å². The molecular formula is C17H16N8O6S2. The van der Waals surface area contributed by atoms with Crippen LogP contribution in [0.5, 0.6) is 0 Å². The highest BCUT2D eigenvalue weighted by Gasteiger charge is 2.33. The van der Waals surface area contributed by atoms with Gasteiger partial charge >= 0.3 is 12.0 Å². The number of nitrogens with one attached hydrogen (secondary N) is 3. The number of Topliss-reactive ketones (excluding diaryl/α,β-unsaturated/α-hetero) is 1. The summed E-state index contributed by atoms with van der Waals surface area (Å²) in [5.41, 5.74) is -0.328. The number of hydrogen-bond acceptors (Lipinski definition) is 11. The van der Waals surface area contributed by atoms with Crippen LogP contribution in [0.3, 0.4) is 0 Å². The number of aromatic carboxylic acids is 1. The molecule has 14 nitrogen and oxygen atoms in total. The summed E-state index contributed by atoms with van der Waals surface area (Å²) in [5.74, 6) is -1.84. The van der Waals surface area contributed by atoms with Gasteiger partial charge in [0, 0.05) is 17.7 Å². The van der Waals surface area contributed by atoms with Crippen LogP contribution in [0.2, 0.25) is 0 Å². The number of carboxylic acid groups (broad SMARTS) is 1. The molecule has 1 saturated carbocycles. The molecule has 0 atom stereocenters. The van der Waals surface area contributed by atoms with Crippen LogP contribution in [-0.2, 0) is 9.84 Å². The number of amides is 2. The van der Waals surface area contributed by atoms with Crippen molar-refractivity contribution in [2.45, 2.75) is 35.0 Å². The highest BCUT2D eigenvalue weighted by molar-refractivity contribution is 7.93. The van der Waals surface area contributed by atoms with Crippen LogP contribution < -0.4 is 10.6 Å². The average Bonchev–Trinajstić information content (AvgIpc) is 3.55. The lowest BCUT2D eigenvalue weighted by Crippen LogP contribution is -2.22. The van der Waals surface area contributed by atoms with Gasteiger partial charge in [-0.2, -0.15) is 0 Å². The summed E-state index contributed by atoms with van der Waals surface area (Å²) in [4.78, 5) is 44.4. The number of carbonyl (C=O) groups is 3. The molecular weight excluding hydrogens is 476 g/mol. The second-order valence-corrected chi connectivity index (χ2v) is 10.1. The predicted molar refractivity (Wildman–Crippen MR) is 112 cm³/mol. The van der Waals surface area contributed by atoms with Gasteiger partial charge in [-0.05, 0) is 29.3 Å². The van der Waals surface area contributed by atoms with Gasteiger partial charge in [-0.15, -0.1) is 0 Å². The van der Waals surface area contributed by atoms with Crippen molar-refractivity contribution in [2.24, 2.45) is 5.92 Å². The number of rotatable bonds is 7. The van der Waals surface area contributed by atoms with E-state index < -0.39 is 36.9 Å². The topological polar surface area (TPSA) is 210 Å². The third kappa shape index (κ3) is 4.56. The van der Waals surface area contributed by atoms with Gasteiger partial charge in [0.15, 0.2) is 20.8 Å². The molecule has 3 aromatic rings. The van der Waals surface area contributed by atoms with Gasteiger partial charge in [0.2, 0.25) is 0 Å². The summed E-state index contributed by atoms with van der Waals surface area (Å²) >= 11 is 0.413. The second-order valence-electron chi connectivity index (χ2n) is 7.02. The summed E-state index contributed by atoms with van der Waals surface area (Å²) in [5, 5.41) is 24.8. The zero-order chi connectivity index (χ0) is 23.6. The molecule has 0 saturated heterocycles. The van der Waals surface area contributed by atoms with Crippen molar-refractivity contribution in [1.82, 2.24) is 30.6 Å². The number of pyridine rings is 1. The summed E-state index contributed by atoms with van der Waals surface area (Å²) in [6.07, 6.45) is 6.26. The maximum absolute atomic E-state index is 12.8. The van der Waals surface area contributed by atoms with Crippen LogP contribution in [0.15, 0.2) is 27.8 Å². The molecule has 0 spiro atoms. The van der Waals surface area contributed by atoms with E-state index in [9.17, 15) is 27.9 Å². The number of aromatic amines is 1. The van der Waals surface area contributed by atoms with Gasteiger partial charge in [0.1, 0.15) is 0 Å². The zero-order valence-corrected chi connectivity index (χ0v) is 18.3. The number of carboxylic acids is 1. The smallest absolute Gasteiger partial charge is 0.356 e. The van der Waals surface area contributed by atoms with Gasteiger partial charge < -0.3 is 10.4 Å². The molecule has 1 aliphatic rings. The molecule has 0 aromatic carbocycles. The molecule has 3 aromatic heterocycles. The van der Waals surface area contributed by atoms with Crippen LogP contribution in [-0.4, -0.2) is 61.9 Å². The Morgan fingerprint density at radius 2 is 1.94 bits per heavy atom. The van der Waals surface area contributed by atoms with Gasteiger partial charge in [-0.1, -0.05) is 29.3 Å². The fourth-order valence-corrected chi connectivity index (χ4v) is 5.86. The lowest BCUT2D eigenvalue weighted by Gasteiger charge is -2.13. The molecule has 1 aliphatic carbocycles. The van der Waals surface area contributed by atoms with Crippen molar-refractivity contribution < 1.29 is 27.9 Å². The van der Waals surface area contributed by atoms with E-state index in [4.69, 9.17) is 0 Å². The number of H-pyrrole nitrogens is 1. The number of tetrazole rings is 1. The van der Waals surface area contributed by atoms with Crippen LogP contribution in [0, 0.1) is 5.92 Å². The maximum Gasteiger partial charge on any atom is 0.356 e. The highest BCUT2D eigenvalue weighted by atomic mass is 32.2. The molecule has 16 heteroatoms. The molecule has 0 radical (unpaired) electrons. The normalized spacial score (nSPS) is 14.2. The fraction of sp³-hybridized carbons (Fsp3) is 0.294. The SMILES string of the molecule is O=C(Nc1nc(C(=O)O)c(S(=O)(=O)c2nnn[nH]2)s1)Nc1cnccc1C(=O)C1CCCC1. The summed E-state index contributed by atoms with van der Waals surface area (Å²) < 4.78 is 24.6. The Hall–Kier alpha value is -3.79. The lowest BCUT2D eigenvalue weighted by atomic mass is 9.96. The Morgan fingerprint density at radius 3 is 2.61 bits per heavy atom. The molecule has 33 heavy (non-hydrogen) atoms. The molecule has 4 rings (SSSR count). The third-order valence-electron chi connectivity index (χ3n) is 4.90. The second kappa shape index (κ2) is 8.99. The molecule has 0 bridgehead atoms. The molecule has 4 N–H and O–H groups in total. The number of hydrogen-bond donors (Lipinski definition) is 4. The average molecular weight is 492 g/mol. The first-order valence-electron chi connectivity index (χ1n) is 9.56. The van der Waals surface area contributed by atoms with E-state index in [2.05, 4.69) is 41.2 Å². The Bertz CT molecular complexity index is 1310. The van der Waals surface area contributed by atoms with Crippen molar-refractivity contribution >= 4 is 49.8 Å². The third-order valence-corrected chi connectivity index (χ3v) is 7.94. The number of urea groups is 1. The largest absolute Gasteiger partial charge is 0.476 e. The van der Waals surface area contributed by atoms with Crippen LogP contribution >= 0.6 is 11.3 Å². The molecule has 0 aliphatic heterocycles. The highest BCUT2D eigenvalue weighted by Crippen LogP contribution is 2.32. The van der Waals surface area contributed by atoms with Crippen molar-refractivity contribution in [3.63, 3.8) is 0 Å². The first-order chi connectivity index (χ1) is 15.8. The van der Waals surface area contributed by atoms with Crippen LogP contribution in [0.1, 0.15) is 46.5 Å². The minimum absolute atomic E-state index is 0.0957. The minimum atomic E-state index is -4.42. The van der Waals surface area contributed by atoms with E-state index in [0.717, 1.165) is 25.7 Å². The number of anilines is 2.